The second-order valence-corrected chi connectivity index (χ2v) is 2.48. The minimum Gasteiger partial charge on any atom is -0.477 e. The third-order valence-electron chi connectivity index (χ3n) is 1.57. The first-order valence-electron chi connectivity index (χ1n) is 3.47. The Morgan fingerprint density at radius 2 is 2.38 bits per heavy atom. The van der Waals surface area contributed by atoms with E-state index in [2.05, 4.69) is 20.5 Å². The van der Waals surface area contributed by atoms with Gasteiger partial charge in [0.25, 0.3) is 5.78 Å². The molecule has 7 heteroatoms. The highest BCUT2D eigenvalue weighted by Crippen LogP contribution is 2.02. The van der Waals surface area contributed by atoms with Gasteiger partial charge in [0.1, 0.15) is 0 Å². The zero-order valence-electron chi connectivity index (χ0n) is 6.67. The number of hydrogen-bond acceptors (Lipinski definition) is 5. The zero-order chi connectivity index (χ0) is 9.42. The smallest absolute Gasteiger partial charge is 0.354 e. The van der Waals surface area contributed by atoms with E-state index in [4.69, 9.17) is 5.11 Å². The van der Waals surface area contributed by atoms with Gasteiger partial charge in [0.2, 0.25) is 0 Å². The fraction of sp³-hybridized carbons (Fsp3) is 0.167. The second-order valence-electron chi connectivity index (χ2n) is 2.48. The van der Waals surface area contributed by atoms with Crippen LogP contribution in [0.3, 0.4) is 0 Å². The molecule has 0 amide bonds. The summed E-state index contributed by atoms with van der Waals surface area (Å²) in [5, 5.41) is 19.2. The molecule has 0 fully saturated rings. The highest BCUT2D eigenvalue weighted by atomic mass is 16.4. The minimum atomic E-state index is -1.09. The first-order valence-corrected chi connectivity index (χ1v) is 3.47. The van der Waals surface area contributed by atoms with E-state index in [-0.39, 0.29) is 11.5 Å². The van der Waals surface area contributed by atoms with E-state index < -0.39 is 5.97 Å². The van der Waals surface area contributed by atoms with Gasteiger partial charge in [-0.3, -0.25) is 0 Å². The van der Waals surface area contributed by atoms with Crippen molar-refractivity contribution in [1.82, 2.24) is 25.0 Å². The SMILES string of the molecule is Cc1cc(C(=O)O)nc2nnnn12. The number of hydrogen-bond donors (Lipinski definition) is 1. The normalized spacial score (nSPS) is 10.5. The number of carboxylic acid groups (broad SMARTS) is 1. The number of aromatic nitrogens is 5. The Labute approximate surface area is 72.0 Å². The maximum atomic E-state index is 10.6. The summed E-state index contributed by atoms with van der Waals surface area (Å²) in [6, 6.07) is 1.41. The van der Waals surface area contributed by atoms with Crippen LogP contribution >= 0.6 is 0 Å². The predicted molar refractivity (Wildman–Crippen MR) is 40.3 cm³/mol. The Morgan fingerprint density at radius 3 is 3.08 bits per heavy atom. The average molecular weight is 179 g/mol. The number of carboxylic acids is 1. The molecule has 0 spiro atoms. The van der Waals surface area contributed by atoms with Crippen LogP contribution in [0.25, 0.3) is 5.78 Å². The molecule has 2 aromatic rings. The monoisotopic (exact) mass is 179 g/mol. The topological polar surface area (TPSA) is 93.3 Å². The second kappa shape index (κ2) is 2.47. The highest BCUT2D eigenvalue weighted by Gasteiger charge is 2.09. The summed E-state index contributed by atoms with van der Waals surface area (Å²) in [5.74, 6) is -0.897. The Kier molecular flexibility index (Phi) is 1.44. The van der Waals surface area contributed by atoms with Crippen LogP contribution in [0, 0.1) is 6.92 Å². The molecule has 0 bridgehead atoms. The molecule has 13 heavy (non-hydrogen) atoms. The van der Waals surface area contributed by atoms with E-state index in [0.717, 1.165) is 0 Å². The van der Waals surface area contributed by atoms with Crippen LogP contribution in [0.2, 0.25) is 0 Å². The first-order chi connectivity index (χ1) is 6.18. The molecular formula is C6H5N5O2. The molecule has 7 nitrogen and oxygen atoms in total. The predicted octanol–water partition coefficient (Wildman–Crippen LogP) is -0.474. The third-order valence-corrected chi connectivity index (χ3v) is 1.57. The van der Waals surface area contributed by atoms with E-state index in [1.807, 2.05) is 0 Å². The van der Waals surface area contributed by atoms with Crippen molar-refractivity contribution in [2.45, 2.75) is 6.92 Å². The Balaban J connectivity index is 2.77. The first kappa shape index (κ1) is 7.59. The van der Waals surface area contributed by atoms with Gasteiger partial charge in [-0.25, -0.2) is 9.78 Å². The summed E-state index contributed by atoms with van der Waals surface area (Å²) in [7, 11) is 0. The van der Waals surface area contributed by atoms with E-state index in [0.29, 0.717) is 5.69 Å². The molecule has 0 aromatic carbocycles. The Morgan fingerprint density at radius 1 is 1.62 bits per heavy atom. The van der Waals surface area contributed by atoms with E-state index in [9.17, 15) is 4.79 Å². The summed E-state index contributed by atoms with van der Waals surface area (Å²) < 4.78 is 1.37. The number of aromatic carboxylic acids is 1. The molecule has 0 aliphatic rings. The van der Waals surface area contributed by atoms with Crippen LogP contribution in [0.15, 0.2) is 6.07 Å². The van der Waals surface area contributed by atoms with Crippen molar-refractivity contribution in [3.63, 3.8) is 0 Å². The van der Waals surface area contributed by atoms with E-state index in [1.165, 1.54) is 10.6 Å². The quantitative estimate of drug-likeness (QED) is 0.635. The van der Waals surface area contributed by atoms with Gasteiger partial charge in [0.15, 0.2) is 5.69 Å². The van der Waals surface area contributed by atoms with Gasteiger partial charge in [0, 0.05) is 5.69 Å². The molecule has 0 atom stereocenters. The highest BCUT2D eigenvalue weighted by molar-refractivity contribution is 5.85. The van der Waals surface area contributed by atoms with Gasteiger partial charge in [-0.1, -0.05) is 5.10 Å². The van der Waals surface area contributed by atoms with Crippen LogP contribution in [-0.4, -0.2) is 36.1 Å². The average Bonchev–Trinajstić information content (AvgIpc) is 2.51. The molecule has 1 N–H and O–H groups in total. The van der Waals surface area contributed by atoms with Crippen LogP contribution in [0.1, 0.15) is 16.2 Å². The molecule has 0 radical (unpaired) electrons. The molecule has 2 aromatic heterocycles. The minimum absolute atomic E-state index is 0.0557. The van der Waals surface area contributed by atoms with Crippen molar-refractivity contribution in [3.8, 4) is 0 Å². The lowest BCUT2D eigenvalue weighted by Gasteiger charge is -1.97. The zero-order valence-corrected chi connectivity index (χ0v) is 6.67. The van der Waals surface area contributed by atoms with Crippen LogP contribution < -0.4 is 0 Å². The van der Waals surface area contributed by atoms with Gasteiger partial charge in [-0.2, -0.15) is 4.52 Å². The molecular weight excluding hydrogens is 174 g/mol. The van der Waals surface area contributed by atoms with Gasteiger partial charge < -0.3 is 5.11 Å². The van der Waals surface area contributed by atoms with Crippen molar-refractivity contribution >= 4 is 11.7 Å². The number of tetrazole rings is 1. The van der Waals surface area contributed by atoms with E-state index in [1.54, 1.807) is 6.92 Å². The number of carbonyl (C=O) groups is 1. The van der Waals surface area contributed by atoms with Crippen molar-refractivity contribution in [1.29, 1.82) is 0 Å². The maximum Gasteiger partial charge on any atom is 0.354 e. The molecule has 66 valence electrons. The maximum absolute atomic E-state index is 10.6. The lowest BCUT2D eigenvalue weighted by Crippen LogP contribution is -2.05. The fourth-order valence-electron chi connectivity index (χ4n) is 0.989. The molecule has 0 unspecified atom stereocenters. The number of aryl methyl sites for hydroxylation is 1. The van der Waals surface area contributed by atoms with E-state index >= 15 is 0 Å². The Bertz CT molecular complexity index is 477. The summed E-state index contributed by atoms with van der Waals surface area (Å²) >= 11 is 0. The molecule has 0 saturated heterocycles. The summed E-state index contributed by atoms with van der Waals surface area (Å²) in [6.07, 6.45) is 0. The van der Waals surface area contributed by atoms with Crippen LogP contribution in [0.5, 0.6) is 0 Å². The number of nitrogens with zero attached hydrogens (tertiary/aromatic N) is 5. The largest absolute Gasteiger partial charge is 0.477 e. The summed E-state index contributed by atoms with van der Waals surface area (Å²) in [6.45, 7) is 1.71. The summed E-state index contributed by atoms with van der Waals surface area (Å²) in [4.78, 5) is 14.3. The molecule has 0 aliphatic carbocycles. The standard InChI is InChI=1S/C6H5N5O2/c1-3-2-4(5(12)13)7-6-8-9-10-11(3)6/h2H,1H3,(H,12,13). The van der Waals surface area contributed by atoms with Crippen LogP contribution in [0.4, 0.5) is 0 Å². The van der Waals surface area contributed by atoms with Crippen molar-refractivity contribution < 1.29 is 9.90 Å². The van der Waals surface area contributed by atoms with Gasteiger partial charge in [-0.15, -0.1) is 0 Å². The number of rotatable bonds is 1. The Hall–Kier alpha value is -2.05. The number of fused-ring (bicyclic) bond motifs is 1. The fourth-order valence-corrected chi connectivity index (χ4v) is 0.989. The third kappa shape index (κ3) is 1.10. The van der Waals surface area contributed by atoms with Crippen molar-refractivity contribution in [3.05, 3.63) is 17.5 Å². The lowest BCUT2D eigenvalue weighted by molar-refractivity contribution is 0.0690. The molecule has 2 rings (SSSR count). The van der Waals surface area contributed by atoms with Crippen molar-refractivity contribution in [2.24, 2.45) is 0 Å². The molecule has 0 saturated carbocycles. The summed E-state index contributed by atoms with van der Waals surface area (Å²) in [5.41, 5.74) is 0.576. The lowest BCUT2D eigenvalue weighted by atomic mass is 10.3. The molecule has 0 aliphatic heterocycles. The molecule has 2 heterocycles. The van der Waals surface area contributed by atoms with Gasteiger partial charge in [-0.05, 0) is 23.4 Å². The van der Waals surface area contributed by atoms with Crippen LogP contribution in [-0.2, 0) is 0 Å². The van der Waals surface area contributed by atoms with Gasteiger partial charge in [0.05, 0.1) is 0 Å². The van der Waals surface area contributed by atoms with Crippen molar-refractivity contribution in [2.75, 3.05) is 0 Å². The van der Waals surface area contributed by atoms with Gasteiger partial charge >= 0.3 is 5.97 Å².